The highest BCUT2D eigenvalue weighted by molar-refractivity contribution is 6.35. The van der Waals surface area contributed by atoms with Crippen molar-refractivity contribution in [2.24, 2.45) is 0 Å². The summed E-state index contributed by atoms with van der Waals surface area (Å²) in [4.78, 5) is 24.9. The van der Waals surface area contributed by atoms with Gasteiger partial charge in [0.1, 0.15) is 5.75 Å². The summed E-state index contributed by atoms with van der Waals surface area (Å²) < 4.78 is 5.07. The molecule has 8 heteroatoms. The molecule has 0 saturated heterocycles. The van der Waals surface area contributed by atoms with Crippen LogP contribution < -0.4 is 20.3 Å². The van der Waals surface area contributed by atoms with Crippen molar-refractivity contribution >= 4 is 46.4 Å². The van der Waals surface area contributed by atoms with E-state index in [1.165, 1.54) is 0 Å². The van der Waals surface area contributed by atoms with Gasteiger partial charge in [0, 0.05) is 10.7 Å². The molecule has 138 valence electrons. The van der Waals surface area contributed by atoms with E-state index >= 15 is 0 Å². The number of rotatable bonds is 7. The maximum Gasteiger partial charge on any atom is 0.279 e. The monoisotopic (exact) mass is 396 g/mol. The van der Waals surface area contributed by atoms with E-state index in [4.69, 9.17) is 27.9 Å². The third kappa shape index (κ3) is 6.22. The first-order chi connectivity index (χ1) is 12.4. The molecule has 26 heavy (non-hydrogen) atoms. The van der Waals surface area contributed by atoms with Gasteiger partial charge in [0.2, 0.25) is 0 Å². The van der Waals surface area contributed by atoms with Crippen molar-refractivity contribution in [2.45, 2.75) is 0 Å². The minimum atomic E-state index is -0.260. The van der Waals surface area contributed by atoms with Crippen molar-refractivity contribution in [1.82, 2.24) is 0 Å². The molecule has 6 nitrogen and oxygen atoms in total. The number of quaternary nitrogens is 1. The molecule has 0 aliphatic rings. The SMILES string of the molecule is COc1ccc(NC(=O)C[NH+](C)CC(=O)Nc2cc(Cl)ccc2Cl)cc1. The highest BCUT2D eigenvalue weighted by atomic mass is 35.5. The van der Waals surface area contributed by atoms with E-state index in [2.05, 4.69) is 10.6 Å². The van der Waals surface area contributed by atoms with Crippen LogP contribution in [0.4, 0.5) is 11.4 Å². The molecule has 0 aliphatic carbocycles. The van der Waals surface area contributed by atoms with E-state index in [1.54, 1.807) is 56.6 Å². The van der Waals surface area contributed by atoms with Gasteiger partial charge in [-0.05, 0) is 42.5 Å². The topological polar surface area (TPSA) is 71.9 Å². The highest BCUT2D eigenvalue weighted by Crippen LogP contribution is 2.25. The molecule has 0 aliphatic heterocycles. The molecular weight excluding hydrogens is 377 g/mol. The minimum absolute atomic E-state index is 0.110. The lowest BCUT2D eigenvalue weighted by Crippen LogP contribution is -3.11. The first kappa shape index (κ1) is 20.0. The molecule has 2 rings (SSSR count). The molecule has 0 saturated carbocycles. The first-order valence-corrected chi connectivity index (χ1v) is 8.63. The smallest absolute Gasteiger partial charge is 0.279 e. The van der Waals surface area contributed by atoms with Gasteiger partial charge in [0.05, 0.1) is 24.9 Å². The zero-order valence-electron chi connectivity index (χ0n) is 14.4. The summed E-state index contributed by atoms with van der Waals surface area (Å²) in [5, 5.41) is 6.35. The summed E-state index contributed by atoms with van der Waals surface area (Å²) in [5.74, 6) is 0.257. The predicted octanol–water partition coefficient (Wildman–Crippen LogP) is 2.09. The third-order valence-electron chi connectivity index (χ3n) is 3.50. The summed E-state index contributed by atoms with van der Waals surface area (Å²) in [6.45, 7) is 0.252. The molecule has 0 spiro atoms. The molecule has 2 amide bonds. The molecule has 2 aromatic carbocycles. The number of anilines is 2. The number of hydrogen-bond acceptors (Lipinski definition) is 3. The average Bonchev–Trinajstić information content (AvgIpc) is 2.58. The summed E-state index contributed by atoms with van der Waals surface area (Å²) in [6.07, 6.45) is 0. The van der Waals surface area contributed by atoms with E-state index in [0.29, 0.717) is 27.2 Å². The van der Waals surface area contributed by atoms with Gasteiger partial charge in [-0.2, -0.15) is 0 Å². The lowest BCUT2D eigenvalue weighted by atomic mass is 10.3. The number of hydrogen-bond donors (Lipinski definition) is 3. The quantitative estimate of drug-likeness (QED) is 0.670. The zero-order chi connectivity index (χ0) is 19.1. The van der Waals surface area contributed by atoms with Crippen LogP contribution in [0.5, 0.6) is 5.75 Å². The number of amides is 2. The molecule has 1 unspecified atom stereocenters. The van der Waals surface area contributed by atoms with Gasteiger partial charge in [-0.3, -0.25) is 9.59 Å². The van der Waals surface area contributed by atoms with Gasteiger partial charge in [0.15, 0.2) is 13.1 Å². The van der Waals surface area contributed by atoms with Crippen LogP contribution in [0.25, 0.3) is 0 Å². The molecular formula is C18H20Cl2N3O3+. The largest absolute Gasteiger partial charge is 0.497 e. The van der Waals surface area contributed by atoms with Crippen molar-refractivity contribution < 1.29 is 19.2 Å². The zero-order valence-corrected chi connectivity index (χ0v) is 15.9. The molecule has 2 aromatic rings. The van der Waals surface area contributed by atoms with Gasteiger partial charge in [-0.1, -0.05) is 23.2 Å². The average molecular weight is 397 g/mol. The summed E-state index contributed by atoms with van der Waals surface area (Å²) >= 11 is 11.9. The Morgan fingerprint density at radius 3 is 2.23 bits per heavy atom. The van der Waals surface area contributed by atoms with E-state index in [0.717, 1.165) is 4.90 Å². The van der Waals surface area contributed by atoms with Crippen molar-refractivity contribution in [3.05, 3.63) is 52.5 Å². The molecule has 0 fully saturated rings. The standard InChI is InChI=1S/C18H19Cl2N3O3/c1-23(10-17(24)21-13-4-6-14(26-2)7-5-13)11-18(25)22-16-9-12(19)3-8-15(16)20/h3-9H,10-11H2,1-2H3,(H,21,24)(H,22,25)/p+1. The Hall–Kier alpha value is -2.28. The van der Waals surface area contributed by atoms with Crippen molar-refractivity contribution in [3.8, 4) is 5.75 Å². The summed E-state index contributed by atoms with van der Waals surface area (Å²) in [7, 11) is 3.33. The molecule has 0 bridgehead atoms. The Kier molecular flexibility index (Phi) is 7.26. The Labute approximate surface area is 162 Å². The Morgan fingerprint density at radius 2 is 1.62 bits per heavy atom. The van der Waals surface area contributed by atoms with Crippen LogP contribution in [-0.4, -0.2) is 39.1 Å². The number of halogens is 2. The van der Waals surface area contributed by atoms with Crippen LogP contribution in [-0.2, 0) is 9.59 Å². The molecule has 1 atom stereocenters. The second kappa shape index (κ2) is 9.43. The van der Waals surface area contributed by atoms with Crippen LogP contribution in [0, 0.1) is 0 Å². The van der Waals surface area contributed by atoms with Gasteiger partial charge in [-0.15, -0.1) is 0 Å². The maximum atomic E-state index is 12.1. The third-order valence-corrected chi connectivity index (χ3v) is 4.07. The molecule has 0 radical (unpaired) electrons. The van der Waals surface area contributed by atoms with Crippen LogP contribution in [0.15, 0.2) is 42.5 Å². The van der Waals surface area contributed by atoms with Gasteiger partial charge in [-0.25, -0.2) is 0 Å². The van der Waals surface area contributed by atoms with Crippen molar-refractivity contribution in [3.63, 3.8) is 0 Å². The van der Waals surface area contributed by atoms with Gasteiger partial charge < -0.3 is 20.3 Å². The lowest BCUT2D eigenvalue weighted by molar-refractivity contribution is -0.862. The fourth-order valence-corrected chi connectivity index (χ4v) is 2.61. The molecule has 0 aromatic heterocycles. The lowest BCUT2D eigenvalue weighted by Gasteiger charge is -2.14. The van der Waals surface area contributed by atoms with Crippen molar-refractivity contribution in [2.75, 3.05) is 37.9 Å². The number of nitrogens with one attached hydrogen (secondary N) is 3. The van der Waals surface area contributed by atoms with Crippen LogP contribution in [0.3, 0.4) is 0 Å². The number of likely N-dealkylation sites (N-methyl/N-ethyl adjacent to an activating group) is 1. The number of methoxy groups -OCH3 is 1. The summed E-state index contributed by atoms with van der Waals surface area (Å²) in [6, 6.07) is 11.8. The maximum absolute atomic E-state index is 12.1. The second-order valence-corrected chi connectivity index (χ2v) is 6.60. The fraction of sp³-hybridized carbons (Fsp3) is 0.222. The fourth-order valence-electron chi connectivity index (χ4n) is 2.28. The molecule has 0 heterocycles. The van der Waals surface area contributed by atoms with Crippen molar-refractivity contribution in [1.29, 1.82) is 0 Å². The van der Waals surface area contributed by atoms with E-state index in [1.807, 2.05) is 0 Å². The highest BCUT2D eigenvalue weighted by Gasteiger charge is 2.15. The van der Waals surface area contributed by atoms with Crippen LogP contribution in [0.1, 0.15) is 0 Å². The van der Waals surface area contributed by atoms with E-state index in [-0.39, 0.29) is 24.9 Å². The van der Waals surface area contributed by atoms with Crippen LogP contribution in [0.2, 0.25) is 10.0 Å². The second-order valence-electron chi connectivity index (χ2n) is 5.76. The molecule has 3 N–H and O–H groups in total. The number of carbonyl (C=O) groups excluding carboxylic acids is 2. The number of carbonyl (C=O) groups is 2. The van der Waals surface area contributed by atoms with E-state index in [9.17, 15) is 9.59 Å². The summed E-state index contributed by atoms with van der Waals surface area (Å²) in [5.41, 5.74) is 1.11. The van der Waals surface area contributed by atoms with Gasteiger partial charge >= 0.3 is 0 Å². The number of ether oxygens (including phenoxy) is 1. The Bertz CT molecular complexity index is 782. The Morgan fingerprint density at radius 1 is 1.00 bits per heavy atom. The number of benzene rings is 2. The Balaban J connectivity index is 1.82. The first-order valence-electron chi connectivity index (χ1n) is 7.87. The van der Waals surface area contributed by atoms with E-state index < -0.39 is 0 Å². The van der Waals surface area contributed by atoms with Gasteiger partial charge in [0.25, 0.3) is 11.8 Å². The van der Waals surface area contributed by atoms with Crippen LogP contribution >= 0.6 is 23.2 Å². The minimum Gasteiger partial charge on any atom is -0.497 e. The normalized spacial score (nSPS) is 11.5. The predicted molar refractivity (Wildman–Crippen MR) is 103 cm³/mol.